The second kappa shape index (κ2) is 5.93. The number of hydrogen-bond acceptors (Lipinski definition) is 2. The molecule has 1 fully saturated rings. The molecule has 19 heavy (non-hydrogen) atoms. The van der Waals surface area contributed by atoms with Crippen molar-refractivity contribution in [1.82, 2.24) is 9.80 Å². The van der Waals surface area contributed by atoms with E-state index in [-0.39, 0.29) is 11.9 Å². The minimum absolute atomic E-state index is 0.0508. The van der Waals surface area contributed by atoms with Crippen LogP contribution in [-0.2, 0) is 4.79 Å². The van der Waals surface area contributed by atoms with Gasteiger partial charge in [0.2, 0.25) is 5.91 Å². The van der Waals surface area contributed by atoms with E-state index in [0.717, 1.165) is 0 Å². The van der Waals surface area contributed by atoms with Gasteiger partial charge in [-0.3, -0.25) is 4.79 Å². The fourth-order valence-corrected chi connectivity index (χ4v) is 2.18. The van der Waals surface area contributed by atoms with Crippen molar-refractivity contribution >= 4 is 29.2 Å². The Morgan fingerprint density at radius 3 is 2.37 bits per heavy atom. The van der Waals surface area contributed by atoms with Gasteiger partial charge in [-0.15, -0.1) is 0 Å². The molecule has 3 amide bonds. The van der Waals surface area contributed by atoms with Gasteiger partial charge < -0.3 is 15.1 Å². The molecule has 0 bridgehead atoms. The summed E-state index contributed by atoms with van der Waals surface area (Å²) in [5.74, 6) is 0.0508. The maximum absolute atomic E-state index is 12.0. The van der Waals surface area contributed by atoms with E-state index < -0.39 is 0 Å². The van der Waals surface area contributed by atoms with Crippen LogP contribution in [0.4, 0.5) is 10.5 Å². The Labute approximate surface area is 117 Å². The van der Waals surface area contributed by atoms with E-state index in [1.54, 1.807) is 41.0 Å². The first-order valence-electron chi connectivity index (χ1n) is 6.13. The van der Waals surface area contributed by atoms with Gasteiger partial charge in [0.25, 0.3) is 0 Å². The van der Waals surface area contributed by atoms with E-state index in [1.165, 1.54) is 0 Å². The Kier molecular flexibility index (Phi) is 4.27. The third kappa shape index (κ3) is 3.61. The Hall–Kier alpha value is -1.75. The minimum Gasteiger partial charge on any atom is -0.339 e. The quantitative estimate of drug-likeness (QED) is 0.856. The fourth-order valence-electron chi connectivity index (χ4n) is 1.99. The molecule has 5 nitrogen and oxygen atoms in total. The molecule has 1 aliphatic rings. The van der Waals surface area contributed by atoms with Crippen LogP contribution in [0.25, 0.3) is 0 Å². The van der Waals surface area contributed by atoms with E-state index in [0.29, 0.717) is 36.9 Å². The van der Waals surface area contributed by atoms with Crippen molar-refractivity contribution < 1.29 is 9.59 Å². The number of hydrogen-bond donors (Lipinski definition) is 1. The second-order valence-electron chi connectivity index (χ2n) is 4.43. The molecule has 0 aliphatic carbocycles. The fraction of sp³-hybridized carbons (Fsp3) is 0.385. The number of nitrogens with zero attached hydrogens (tertiary/aromatic N) is 2. The smallest absolute Gasteiger partial charge is 0.321 e. The Morgan fingerprint density at radius 2 is 1.79 bits per heavy atom. The molecule has 1 saturated heterocycles. The van der Waals surface area contributed by atoms with E-state index in [4.69, 9.17) is 11.6 Å². The van der Waals surface area contributed by atoms with Crippen molar-refractivity contribution in [3.05, 3.63) is 29.3 Å². The summed E-state index contributed by atoms with van der Waals surface area (Å²) in [6.45, 7) is 3.80. The van der Waals surface area contributed by atoms with Crippen LogP contribution in [0, 0.1) is 0 Å². The molecule has 1 aliphatic heterocycles. The van der Waals surface area contributed by atoms with E-state index in [1.807, 2.05) is 0 Å². The van der Waals surface area contributed by atoms with Crippen molar-refractivity contribution in [3.63, 3.8) is 0 Å². The first kappa shape index (κ1) is 13.7. The number of urea groups is 1. The molecule has 0 spiro atoms. The Bertz CT molecular complexity index is 485. The predicted octanol–water partition coefficient (Wildman–Crippen LogP) is 2.04. The molecule has 0 aromatic heterocycles. The summed E-state index contributed by atoms with van der Waals surface area (Å²) >= 11 is 5.86. The maximum Gasteiger partial charge on any atom is 0.321 e. The average Bonchev–Trinajstić information content (AvgIpc) is 2.39. The van der Waals surface area contributed by atoms with Crippen LogP contribution in [0.1, 0.15) is 6.92 Å². The number of amides is 3. The molecule has 1 heterocycles. The summed E-state index contributed by atoms with van der Waals surface area (Å²) in [5, 5.41) is 3.38. The van der Waals surface area contributed by atoms with Gasteiger partial charge in [0.1, 0.15) is 0 Å². The molecule has 2 rings (SSSR count). The number of carbonyl (C=O) groups is 2. The second-order valence-corrected chi connectivity index (χ2v) is 4.87. The molecule has 0 saturated carbocycles. The van der Waals surface area contributed by atoms with Crippen molar-refractivity contribution in [2.24, 2.45) is 0 Å². The molecule has 102 valence electrons. The number of nitrogens with one attached hydrogen (secondary N) is 1. The topological polar surface area (TPSA) is 52.7 Å². The van der Waals surface area contributed by atoms with Crippen molar-refractivity contribution in [2.45, 2.75) is 6.92 Å². The third-order valence-electron chi connectivity index (χ3n) is 3.09. The van der Waals surface area contributed by atoms with Crippen LogP contribution >= 0.6 is 11.6 Å². The SMILES string of the molecule is CC(=O)N1CCN(C(=O)Nc2cccc(Cl)c2)CC1. The Morgan fingerprint density at radius 1 is 1.16 bits per heavy atom. The van der Waals surface area contributed by atoms with E-state index in [2.05, 4.69) is 5.32 Å². The van der Waals surface area contributed by atoms with Crippen LogP contribution in [0.3, 0.4) is 0 Å². The number of halogens is 1. The highest BCUT2D eigenvalue weighted by Crippen LogP contribution is 2.15. The van der Waals surface area contributed by atoms with Gasteiger partial charge in [0.05, 0.1) is 0 Å². The number of piperazine rings is 1. The summed E-state index contributed by atoms with van der Waals surface area (Å²) in [5.41, 5.74) is 0.673. The lowest BCUT2D eigenvalue weighted by Crippen LogP contribution is -2.51. The average molecular weight is 282 g/mol. The maximum atomic E-state index is 12.0. The van der Waals surface area contributed by atoms with Crippen LogP contribution in [-0.4, -0.2) is 47.9 Å². The van der Waals surface area contributed by atoms with Gasteiger partial charge in [-0.2, -0.15) is 0 Å². The third-order valence-corrected chi connectivity index (χ3v) is 3.32. The van der Waals surface area contributed by atoms with E-state index >= 15 is 0 Å². The Balaban J connectivity index is 1.90. The van der Waals surface area contributed by atoms with Crippen molar-refractivity contribution in [2.75, 3.05) is 31.5 Å². The normalized spacial score (nSPS) is 15.3. The van der Waals surface area contributed by atoms with Gasteiger partial charge in [-0.05, 0) is 18.2 Å². The number of rotatable bonds is 1. The lowest BCUT2D eigenvalue weighted by molar-refractivity contribution is -0.130. The number of carbonyl (C=O) groups excluding carboxylic acids is 2. The minimum atomic E-state index is -0.162. The van der Waals surface area contributed by atoms with Gasteiger partial charge in [0.15, 0.2) is 0 Å². The molecule has 1 N–H and O–H groups in total. The van der Waals surface area contributed by atoms with Gasteiger partial charge in [-0.1, -0.05) is 17.7 Å². The van der Waals surface area contributed by atoms with Crippen LogP contribution in [0.5, 0.6) is 0 Å². The molecule has 0 unspecified atom stereocenters. The lowest BCUT2D eigenvalue weighted by atomic mass is 10.3. The standard InChI is InChI=1S/C13H16ClN3O2/c1-10(18)16-5-7-17(8-6-16)13(19)15-12-4-2-3-11(14)9-12/h2-4,9H,5-8H2,1H3,(H,15,19). The first-order chi connectivity index (χ1) is 9.06. The zero-order chi connectivity index (χ0) is 13.8. The number of anilines is 1. The highest BCUT2D eigenvalue weighted by atomic mass is 35.5. The first-order valence-corrected chi connectivity index (χ1v) is 6.51. The molecule has 1 aromatic carbocycles. The summed E-state index contributed by atoms with van der Waals surface area (Å²) in [7, 11) is 0. The van der Waals surface area contributed by atoms with Crippen molar-refractivity contribution in [1.29, 1.82) is 0 Å². The molecule has 1 aromatic rings. The molecular weight excluding hydrogens is 266 g/mol. The van der Waals surface area contributed by atoms with Crippen LogP contribution < -0.4 is 5.32 Å². The molecule has 6 heteroatoms. The summed E-state index contributed by atoms with van der Waals surface area (Å²) in [6.07, 6.45) is 0. The summed E-state index contributed by atoms with van der Waals surface area (Å²) in [4.78, 5) is 26.7. The zero-order valence-electron chi connectivity index (χ0n) is 10.7. The van der Waals surface area contributed by atoms with Crippen molar-refractivity contribution in [3.8, 4) is 0 Å². The summed E-state index contributed by atoms with van der Waals surface area (Å²) in [6, 6.07) is 6.86. The van der Waals surface area contributed by atoms with Gasteiger partial charge in [-0.25, -0.2) is 4.79 Å². The monoisotopic (exact) mass is 281 g/mol. The highest BCUT2D eigenvalue weighted by molar-refractivity contribution is 6.30. The number of benzene rings is 1. The largest absolute Gasteiger partial charge is 0.339 e. The zero-order valence-corrected chi connectivity index (χ0v) is 11.5. The van der Waals surface area contributed by atoms with Gasteiger partial charge in [0, 0.05) is 43.8 Å². The van der Waals surface area contributed by atoms with E-state index in [9.17, 15) is 9.59 Å². The predicted molar refractivity (Wildman–Crippen MR) is 74.3 cm³/mol. The summed E-state index contributed by atoms with van der Waals surface area (Å²) < 4.78 is 0. The lowest BCUT2D eigenvalue weighted by Gasteiger charge is -2.34. The van der Waals surface area contributed by atoms with Crippen LogP contribution in [0.2, 0.25) is 5.02 Å². The van der Waals surface area contributed by atoms with Crippen LogP contribution in [0.15, 0.2) is 24.3 Å². The molecule has 0 atom stereocenters. The highest BCUT2D eigenvalue weighted by Gasteiger charge is 2.22. The molecule has 0 radical (unpaired) electrons. The molecular formula is C13H16ClN3O2. The van der Waals surface area contributed by atoms with Gasteiger partial charge >= 0.3 is 6.03 Å².